The Balaban J connectivity index is 2.16. The number of nitrogens with one attached hydrogen (secondary N) is 1. The molecule has 2 rings (SSSR count). The second kappa shape index (κ2) is 5.57. The van der Waals surface area contributed by atoms with Crippen LogP contribution in [0.5, 0.6) is 5.75 Å². The van der Waals surface area contributed by atoms with Crippen LogP contribution in [-0.2, 0) is 13.6 Å². The number of halogens is 1. The topological polar surface area (TPSA) is 26.2 Å². The van der Waals surface area contributed by atoms with Crippen LogP contribution >= 0.6 is 11.6 Å². The Morgan fingerprint density at radius 1 is 1.26 bits per heavy atom. The van der Waals surface area contributed by atoms with Gasteiger partial charge in [0, 0.05) is 31.0 Å². The molecule has 0 amide bonds. The van der Waals surface area contributed by atoms with Crippen molar-refractivity contribution >= 4 is 17.3 Å². The van der Waals surface area contributed by atoms with Gasteiger partial charge in [0.1, 0.15) is 5.75 Å². The average molecular weight is 279 g/mol. The van der Waals surface area contributed by atoms with Crippen LogP contribution in [0.1, 0.15) is 17.0 Å². The molecule has 0 aliphatic heterocycles. The summed E-state index contributed by atoms with van der Waals surface area (Å²) < 4.78 is 7.39. The van der Waals surface area contributed by atoms with Gasteiger partial charge in [0.25, 0.3) is 0 Å². The number of nitrogens with zero attached hydrogens (tertiary/aromatic N) is 1. The predicted molar refractivity (Wildman–Crippen MR) is 80.2 cm³/mol. The lowest BCUT2D eigenvalue weighted by atomic mass is 10.2. The van der Waals surface area contributed by atoms with E-state index in [0.29, 0.717) is 5.02 Å². The maximum Gasteiger partial charge on any atom is 0.121 e. The highest BCUT2D eigenvalue weighted by molar-refractivity contribution is 6.33. The number of aromatic nitrogens is 1. The van der Waals surface area contributed by atoms with E-state index in [1.54, 1.807) is 7.11 Å². The van der Waals surface area contributed by atoms with Gasteiger partial charge in [0.15, 0.2) is 0 Å². The molecule has 1 N–H and O–H groups in total. The molecule has 0 saturated carbocycles. The summed E-state index contributed by atoms with van der Waals surface area (Å²) in [6.45, 7) is 4.98. The average Bonchev–Trinajstić information content (AvgIpc) is 2.65. The van der Waals surface area contributed by atoms with E-state index >= 15 is 0 Å². The Morgan fingerprint density at radius 2 is 2.00 bits per heavy atom. The Kier molecular flexibility index (Phi) is 4.05. The van der Waals surface area contributed by atoms with E-state index in [0.717, 1.165) is 18.0 Å². The Hall–Kier alpha value is -1.61. The molecule has 19 heavy (non-hydrogen) atoms. The molecule has 1 heterocycles. The minimum absolute atomic E-state index is 0.700. The summed E-state index contributed by atoms with van der Waals surface area (Å²) in [6, 6.07) is 7.79. The van der Waals surface area contributed by atoms with Crippen LogP contribution in [0.15, 0.2) is 24.3 Å². The first-order valence-corrected chi connectivity index (χ1v) is 6.60. The molecule has 0 aliphatic carbocycles. The molecule has 102 valence electrons. The second-order valence-corrected chi connectivity index (χ2v) is 5.06. The number of hydrogen-bond acceptors (Lipinski definition) is 2. The van der Waals surface area contributed by atoms with E-state index in [-0.39, 0.29) is 0 Å². The van der Waals surface area contributed by atoms with Gasteiger partial charge in [-0.25, -0.2) is 0 Å². The fourth-order valence-corrected chi connectivity index (χ4v) is 2.25. The first kappa shape index (κ1) is 13.8. The molecule has 3 nitrogen and oxygen atoms in total. The molecule has 0 radical (unpaired) electrons. The van der Waals surface area contributed by atoms with Crippen molar-refractivity contribution in [1.29, 1.82) is 0 Å². The van der Waals surface area contributed by atoms with Crippen molar-refractivity contribution in [3.63, 3.8) is 0 Å². The highest BCUT2D eigenvalue weighted by Crippen LogP contribution is 2.27. The van der Waals surface area contributed by atoms with E-state index in [1.165, 1.54) is 17.0 Å². The molecule has 4 heteroatoms. The fourth-order valence-electron chi connectivity index (χ4n) is 2.07. The van der Waals surface area contributed by atoms with E-state index in [9.17, 15) is 0 Å². The van der Waals surface area contributed by atoms with Gasteiger partial charge in [-0.05, 0) is 37.6 Å². The van der Waals surface area contributed by atoms with Gasteiger partial charge < -0.3 is 14.6 Å². The number of hydrogen-bond donors (Lipinski definition) is 1. The molecule has 0 saturated heterocycles. The van der Waals surface area contributed by atoms with Gasteiger partial charge in [-0.1, -0.05) is 11.6 Å². The zero-order chi connectivity index (χ0) is 14.0. The summed E-state index contributed by atoms with van der Waals surface area (Å²) in [7, 11) is 3.73. The van der Waals surface area contributed by atoms with E-state index in [4.69, 9.17) is 16.3 Å². The lowest BCUT2D eigenvalue weighted by Crippen LogP contribution is -2.02. The standard InChI is InChI=1S/C15H19ClN2O/c1-10-7-12(11(2)18(10)3)9-17-15-8-13(19-4)5-6-14(15)16/h5-8,17H,9H2,1-4H3. The molecule has 2 aromatic rings. The van der Waals surface area contributed by atoms with Crippen LogP contribution in [0.3, 0.4) is 0 Å². The minimum atomic E-state index is 0.700. The molecule has 0 aliphatic rings. The van der Waals surface area contributed by atoms with Crippen LogP contribution < -0.4 is 10.1 Å². The summed E-state index contributed by atoms with van der Waals surface area (Å²) in [6.07, 6.45) is 0. The lowest BCUT2D eigenvalue weighted by Gasteiger charge is -2.10. The van der Waals surface area contributed by atoms with Gasteiger partial charge in [-0.2, -0.15) is 0 Å². The third-order valence-corrected chi connectivity index (χ3v) is 3.85. The van der Waals surface area contributed by atoms with E-state index in [2.05, 4.69) is 36.8 Å². The smallest absolute Gasteiger partial charge is 0.121 e. The van der Waals surface area contributed by atoms with Crippen molar-refractivity contribution < 1.29 is 4.74 Å². The van der Waals surface area contributed by atoms with Crippen LogP contribution in [0.2, 0.25) is 5.02 Å². The van der Waals surface area contributed by atoms with Crippen LogP contribution in [0.4, 0.5) is 5.69 Å². The third-order valence-electron chi connectivity index (χ3n) is 3.52. The van der Waals surface area contributed by atoms with Gasteiger partial charge in [-0.15, -0.1) is 0 Å². The Labute approximate surface area is 119 Å². The van der Waals surface area contributed by atoms with Crippen molar-refractivity contribution in [2.75, 3.05) is 12.4 Å². The van der Waals surface area contributed by atoms with E-state index < -0.39 is 0 Å². The normalized spacial score (nSPS) is 10.6. The van der Waals surface area contributed by atoms with Crippen molar-refractivity contribution in [1.82, 2.24) is 4.57 Å². The first-order valence-electron chi connectivity index (χ1n) is 6.22. The van der Waals surface area contributed by atoms with Gasteiger partial charge in [0.2, 0.25) is 0 Å². The minimum Gasteiger partial charge on any atom is -0.497 e. The zero-order valence-corrected chi connectivity index (χ0v) is 12.5. The fraction of sp³-hybridized carbons (Fsp3) is 0.333. The summed E-state index contributed by atoms with van der Waals surface area (Å²) in [5.41, 5.74) is 4.69. The molecule has 0 unspecified atom stereocenters. The highest BCUT2D eigenvalue weighted by Gasteiger charge is 2.07. The van der Waals surface area contributed by atoms with Gasteiger partial charge in [0.05, 0.1) is 17.8 Å². The molecule has 0 bridgehead atoms. The van der Waals surface area contributed by atoms with Gasteiger partial charge >= 0.3 is 0 Å². The molecule has 0 fully saturated rings. The lowest BCUT2D eigenvalue weighted by molar-refractivity contribution is 0.415. The first-order chi connectivity index (χ1) is 9.02. The maximum absolute atomic E-state index is 6.17. The van der Waals surface area contributed by atoms with Crippen LogP contribution in [-0.4, -0.2) is 11.7 Å². The maximum atomic E-state index is 6.17. The van der Waals surface area contributed by atoms with Crippen LogP contribution in [0.25, 0.3) is 0 Å². The molecule has 0 spiro atoms. The predicted octanol–water partition coefficient (Wildman–Crippen LogP) is 3.92. The summed E-state index contributed by atoms with van der Waals surface area (Å²) >= 11 is 6.17. The quantitative estimate of drug-likeness (QED) is 0.917. The molecular formula is C15H19ClN2O. The SMILES string of the molecule is COc1ccc(Cl)c(NCc2cc(C)n(C)c2C)c1. The molecule has 1 aromatic carbocycles. The number of methoxy groups -OCH3 is 1. The highest BCUT2D eigenvalue weighted by atomic mass is 35.5. The number of benzene rings is 1. The van der Waals surface area contributed by atoms with Gasteiger partial charge in [-0.3, -0.25) is 0 Å². The Bertz CT molecular complexity index is 590. The number of aryl methyl sites for hydroxylation is 1. The summed E-state index contributed by atoms with van der Waals surface area (Å²) in [5.74, 6) is 0.799. The van der Waals surface area contributed by atoms with Crippen molar-refractivity contribution in [3.05, 3.63) is 46.2 Å². The number of rotatable bonds is 4. The van der Waals surface area contributed by atoms with Crippen molar-refractivity contribution in [2.45, 2.75) is 20.4 Å². The molecule has 1 aromatic heterocycles. The summed E-state index contributed by atoms with van der Waals surface area (Å²) in [5, 5.41) is 4.06. The number of anilines is 1. The van der Waals surface area contributed by atoms with Crippen molar-refractivity contribution in [3.8, 4) is 5.75 Å². The molecular weight excluding hydrogens is 260 g/mol. The zero-order valence-electron chi connectivity index (χ0n) is 11.7. The monoisotopic (exact) mass is 278 g/mol. The summed E-state index contributed by atoms with van der Waals surface area (Å²) in [4.78, 5) is 0. The number of ether oxygens (including phenoxy) is 1. The largest absolute Gasteiger partial charge is 0.497 e. The Morgan fingerprint density at radius 3 is 2.58 bits per heavy atom. The third kappa shape index (κ3) is 2.87. The second-order valence-electron chi connectivity index (χ2n) is 4.65. The van der Waals surface area contributed by atoms with E-state index in [1.807, 2.05) is 18.2 Å². The van der Waals surface area contributed by atoms with Crippen molar-refractivity contribution in [2.24, 2.45) is 7.05 Å². The molecule has 0 atom stereocenters. The van der Waals surface area contributed by atoms with Crippen LogP contribution in [0, 0.1) is 13.8 Å².